The molecular weight excluding hydrogens is 270 g/mol. The maximum atomic E-state index is 13.9. The molecule has 0 bridgehead atoms. The smallest absolute Gasteiger partial charge is 0.130 e. The molecule has 0 amide bonds. The van der Waals surface area contributed by atoms with Crippen molar-refractivity contribution in [3.63, 3.8) is 0 Å². The molecule has 1 atom stereocenters. The van der Waals surface area contributed by atoms with Crippen molar-refractivity contribution in [1.82, 2.24) is 4.90 Å². The van der Waals surface area contributed by atoms with Crippen LogP contribution in [0.4, 0.5) is 8.78 Å². The van der Waals surface area contributed by atoms with Crippen molar-refractivity contribution >= 4 is 0 Å². The van der Waals surface area contributed by atoms with Crippen LogP contribution >= 0.6 is 0 Å². The average Bonchev–Trinajstić information content (AvgIpc) is 2.42. The lowest BCUT2D eigenvalue weighted by Crippen LogP contribution is -2.31. The van der Waals surface area contributed by atoms with Crippen LogP contribution < -0.4 is 5.73 Å². The maximum absolute atomic E-state index is 13.9. The zero-order valence-electron chi connectivity index (χ0n) is 12.3. The number of nitrogens with two attached hydrogens (primary N) is 1. The summed E-state index contributed by atoms with van der Waals surface area (Å²) in [6, 6.07) is 11.5. The van der Waals surface area contributed by atoms with Crippen LogP contribution in [0.1, 0.15) is 22.7 Å². The van der Waals surface area contributed by atoms with E-state index >= 15 is 0 Å². The average molecular weight is 290 g/mol. The summed E-state index contributed by atoms with van der Waals surface area (Å²) in [6.07, 6.45) is 0. The Hall–Kier alpha value is -1.78. The van der Waals surface area contributed by atoms with Gasteiger partial charge in [-0.1, -0.05) is 35.9 Å². The number of aryl methyl sites for hydroxylation is 1. The fourth-order valence-corrected chi connectivity index (χ4v) is 2.52. The van der Waals surface area contributed by atoms with Crippen molar-refractivity contribution in [2.24, 2.45) is 5.73 Å². The lowest BCUT2D eigenvalue weighted by Gasteiger charge is -2.28. The number of hydrogen-bond acceptors (Lipinski definition) is 2. The van der Waals surface area contributed by atoms with Crippen LogP contribution in [0.2, 0.25) is 0 Å². The highest BCUT2D eigenvalue weighted by Gasteiger charge is 2.19. The number of halogens is 2. The van der Waals surface area contributed by atoms with Gasteiger partial charge in [-0.25, -0.2) is 8.78 Å². The van der Waals surface area contributed by atoms with Gasteiger partial charge in [0.2, 0.25) is 0 Å². The quantitative estimate of drug-likeness (QED) is 0.914. The second-order valence-electron chi connectivity index (χ2n) is 5.32. The van der Waals surface area contributed by atoms with Gasteiger partial charge in [-0.3, -0.25) is 4.90 Å². The second-order valence-corrected chi connectivity index (χ2v) is 5.32. The SMILES string of the molecule is Cc1cccc(CN(C)C(CN)c2ccc(F)cc2F)c1. The van der Waals surface area contributed by atoms with Gasteiger partial charge in [0.25, 0.3) is 0 Å². The first-order valence-electron chi connectivity index (χ1n) is 6.92. The number of likely N-dealkylation sites (N-methyl/N-ethyl adjacent to an activating group) is 1. The summed E-state index contributed by atoms with van der Waals surface area (Å²) in [6.45, 7) is 2.95. The highest BCUT2D eigenvalue weighted by atomic mass is 19.1. The Bertz CT molecular complexity index is 613. The first-order chi connectivity index (χ1) is 10.0. The fourth-order valence-electron chi connectivity index (χ4n) is 2.52. The Morgan fingerprint density at radius 1 is 1.14 bits per heavy atom. The molecule has 0 fully saturated rings. The van der Waals surface area contributed by atoms with Crippen molar-refractivity contribution in [3.8, 4) is 0 Å². The minimum atomic E-state index is -0.576. The van der Waals surface area contributed by atoms with Crippen LogP contribution in [-0.2, 0) is 6.54 Å². The van der Waals surface area contributed by atoms with Crippen molar-refractivity contribution < 1.29 is 8.78 Å². The highest BCUT2D eigenvalue weighted by Crippen LogP contribution is 2.23. The van der Waals surface area contributed by atoms with E-state index in [-0.39, 0.29) is 12.6 Å². The van der Waals surface area contributed by atoms with E-state index in [0.29, 0.717) is 12.1 Å². The van der Waals surface area contributed by atoms with Gasteiger partial charge >= 0.3 is 0 Å². The molecule has 0 heterocycles. The molecule has 2 aromatic rings. The van der Waals surface area contributed by atoms with Crippen molar-refractivity contribution in [2.75, 3.05) is 13.6 Å². The van der Waals surface area contributed by atoms with E-state index in [0.717, 1.165) is 11.6 Å². The molecular formula is C17H20F2N2. The van der Waals surface area contributed by atoms with E-state index in [9.17, 15) is 8.78 Å². The summed E-state index contributed by atoms with van der Waals surface area (Å²) in [7, 11) is 1.89. The molecule has 0 aromatic heterocycles. The predicted molar refractivity (Wildman–Crippen MR) is 80.8 cm³/mol. The third kappa shape index (κ3) is 3.86. The van der Waals surface area contributed by atoms with Gasteiger partial charge in [-0.2, -0.15) is 0 Å². The monoisotopic (exact) mass is 290 g/mol. The molecule has 2 aromatic carbocycles. The first-order valence-corrected chi connectivity index (χ1v) is 6.92. The van der Waals surface area contributed by atoms with Crippen molar-refractivity contribution in [3.05, 3.63) is 70.8 Å². The van der Waals surface area contributed by atoms with Crippen molar-refractivity contribution in [2.45, 2.75) is 19.5 Å². The molecule has 2 N–H and O–H groups in total. The van der Waals surface area contributed by atoms with Crippen molar-refractivity contribution in [1.29, 1.82) is 0 Å². The van der Waals surface area contributed by atoms with Gasteiger partial charge in [0, 0.05) is 30.8 Å². The predicted octanol–water partition coefficient (Wildman–Crippen LogP) is 3.41. The van der Waals surface area contributed by atoms with Gasteiger partial charge in [0.1, 0.15) is 11.6 Å². The van der Waals surface area contributed by atoms with Gasteiger partial charge in [-0.05, 0) is 25.6 Å². The van der Waals surface area contributed by atoms with E-state index < -0.39 is 11.6 Å². The second kappa shape index (κ2) is 6.78. The number of rotatable bonds is 5. The molecule has 2 rings (SSSR count). The highest BCUT2D eigenvalue weighted by molar-refractivity contribution is 5.25. The van der Waals surface area contributed by atoms with Gasteiger partial charge in [-0.15, -0.1) is 0 Å². The molecule has 0 spiro atoms. The maximum Gasteiger partial charge on any atom is 0.130 e. The standard InChI is InChI=1S/C17H20F2N2/c1-12-4-3-5-13(8-12)11-21(2)17(10-20)15-7-6-14(18)9-16(15)19/h3-9,17H,10-11,20H2,1-2H3. The van der Waals surface area contributed by atoms with E-state index in [1.807, 2.05) is 37.1 Å². The molecule has 0 aliphatic carbocycles. The normalized spacial score (nSPS) is 12.7. The molecule has 112 valence electrons. The van der Waals surface area contributed by atoms with E-state index in [2.05, 4.69) is 6.07 Å². The lowest BCUT2D eigenvalue weighted by atomic mass is 10.0. The first kappa shape index (κ1) is 15.6. The van der Waals surface area contributed by atoms with E-state index in [1.165, 1.54) is 17.7 Å². The van der Waals surface area contributed by atoms with Crippen LogP contribution in [0, 0.1) is 18.6 Å². The molecule has 0 aliphatic rings. The van der Waals surface area contributed by atoms with Crippen LogP contribution in [0.25, 0.3) is 0 Å². The number of nitrogens with zero attached hydrogens (tertiary/aromatic N) is 1. The van der Waals surface area contributed by atoms with Gasteiger partial charge in [0.15, 0.2) is 0 Å². The summed E-state index contributed by atoms with van der Waals surface area (Å²) in [5.41, 5.74) is 8.54. The zero-order chi connectivity index (χ0) is 15.4. The lowest BCUT2D eigenvalue weighted by molar-refractivity contribution is 0.236. The Morgan fingerprint density at radius 3 is 2.52 bits per heavy atom. The minimum absolute atomic E-state index is 0.269. The largest absolute Gasteiger partial charge is 0.329 e. The number of benzene rings is 2. The fraction of sp³-hybridized carbons (Fsp3) is 0.294. The van der Waals surface area contributed by atoms with Gasteiger partial charge < -0.3 is 5.73 Å². The summed E-state index contributed by atoms with van der Waals surface area (Å²) in [5.74, 6) is -1.13. The molecule has 0 radical (unpaired) electrons. The summed E-state index contributed by atoms with van der Waals surface area (Å²) < 4.78 is 27.0. The van der Waals surface area contributed by atoms with E-state index in [1.54, 1.807) is 0 Å². The van der Waals surface area contributed by atoms with E-state index in [4.69, 9.17) is 5.73 Å². The van der Waals surface area contributed by atoms with Gasteiger partial charge in [0.05, 0.1) is 0 Å². The molecule has 0 saturated heterocycles. The summed E-state index contributed by atoms with van der Waals surface area (Å²) in [5, 5.41) is 0. The topological polar surface area (TPSA) is 29.3 Å². The summed E-state index contributed by atoms with van der Waals surface area (Å²) in [4.78, 5) is 1.98. The third-order valence-electron chi connectivity index (χ3n) is 3.59. The van der Waals surface area contributed by atoms with Crippen LogP contribution in [0.3, 0.4) is 0 Å². The van der Waals surface area contributed by atoms with Crippen LogP contribution in [-0.4, -0.2) is 18.5 Å². The number of hydrogen-bond donors (Lipinski definition) is 1. The third-order valence-corrected chi connectivity index (χ3v) is 3.59. The molecule has 4 heteroatoms. The van der Waals surface area contributed by atoms with Crippen LogP contribution in [0.15, 0.2) is 42.5 Å². The molecule has 0 aliphatic heterocycles. The minimum Gasteiger partial charge on any atom is -0.329 e. The molecule has 1 unspecified atom stereocenters. The Labute approximate surface area is 124 Å². The Kier molecular flexibility index (Phi) is 5.04. The zero-order valence-corrected chi connectivity index (χ0v) is 12.3. The summed E-state index contributed by atoms with van der Waals surface area (Å²) >= 11 is 0. The molecule has 2 nitrogen and oxygen atoms in total. The molecule has 0 saturated carbocycles. The van der Waals surface area contributed by atoms with Crippen LogP contribution in [0.5, 0.6) is 0 Å². The Morgan fingerprint density at radius 2 is 1.90 bits per heavy atom. The Balaban J connectivity index is 2.20. The molecule has 21 heavy (non-hydrogen) atoms.